The predicted octanol–water partition coefficient (Wildman–Crippen LogP) is 1.61. The minimum absolute atomic E-state index is 0.239. The zero-order chi connectivity index (χ0) is 19.3. The fourth-order valence-corrected chi connectivity index (χ4v) is 2.91. The van der Waals surface area contributed by atoms with Crippen LogP contribution in [-0.4, -0.2) is 32.2 Å². The quantitative estimate of drug-likeness (QED) is 0.624. The number of para-hydroxylation sites is 1. The number of alkyl halides is 3. The summed E-state index contributed by atoms with van der Waals surface area (Å²) in [6.45, 7) is -0.622. The maximum absolute atomic E-state index is 12.9. The maximum Gasteiger partial charge on any atom is 0.418 e. The van der Waals surface area contributed by atoms with Crippen LogP contribution in [0.2, 0.25) is 0 Å². The van der Waals surface area contributed by atoms with E-state index >= 15 is 0 Å². The molecule has 140 valence electrons. The van der Waals surface area contributed by atoms with Gasteiger partial charge in [0.25, 0.3) is 0 Å². The number of nitrogens with one attached hydrogen (secondary N) is 1. The smallest absolute Gasteiger partial charge is 0.390 e. The Bertz CT molecular complexity index is 808. The largest absolute Gasteiger partial charge is 0.418 e. The summed E-state index contributed by atoms with van der Waals surface area (Å²) in [7, 11) is 0. The highest BCUT2D eigenvalue weighted by Crippen LogP contribution is 2.34. The van der Waals surface area contributed by atoms with E-state index in [1.165, 1.54) is 22.9 Å². The molecule has 7 nitrogen and oxygen atoms in total. The number of nitrogens with two attached hydrogens (primary N) is 1. The number of amides is 2. The average molecular weight is 388 g/mol. The molecule has 0 aliphatic carbocycles. The van der Waals surface area contributed by atoms with E-state index in [1.54, 1.807) is 0 Å². The van der Waals surface area contributed by atoms with Crippen LogP contribution < -0.4 is 11.1 Å². The molecule has 26 heavy (non-hydrogen) atoms. The zero-order valence-electron chi connectivity index (χ0n) is 13.3. The van der Waals surface area contributed by atoms with Crippen LogP contribution in [0.5, 0.6) is 0 Å². The molecule has 0 saturated carbocycles. The van der Waals surface area contributed by atoms with Gasteiger partial charge in [-0.3, -0.25) is 9.59 Å². The third kappa shape index (κ3) is 4.99. The van der Waals surface area contributed by atoms with E-state index in [4.69, 9.17) is 5.73 Å². The van der Waals surface area contributed by atoms with Crippen LogP contribution in [0, 0.1) is 0 Å². The number of carbonyl (C=O) groups is 2. The molecule has 4 N–H and O–H groups in total. The number of primary amides is 1. The molecule has 1 heterocycles. The number of rotatable bonds is 7. The minimum Gasteiger partial charge on any atom is -0.390 e. The molecule has 1 aromatic heterocycles. The normalized spacial score (nSPS) is 11.4. The van der Waals surface area contributed by atoms with Gasteiger partial charge in [-0.05, 0) is 12.1 Å². The van der Waals surface area contributed by atoms with Gasteiger partial charge in [-0.15, -0.1) is 0 Å². The highest BCUT2D eigenvalue weighted by Gasteiger charge is 2.33. The first-order valence-corrected chi connectivity index (χ1v) is 8.23. The number of hydrogen-bond donors (Lipinski definition) is 3. The summed E-state index contributed by atoms with van der Waals surface area (Å²) >= 11 is 0.906. The summed E-state index contributed by atoms with van der Waals surface area (Å²) in [6.07, 6.45) is -3.27. The molecular weight excluding hydrogens is 373 g/mol. The third-order valence-electron chi connectivity index (χ3n) is 3.22. The van der Waals surface area contributed by atoms with Gasteiger partial charge in [0.2, 0.25) is 11.8 Å². The lowest BCUT2D eigenvalue weighted by Gasteiger charge is -2.13. The van der Waals surface area contributed by atoms with Crippen molar-refractivity contribution in [2.24, 2.45) is 5.73 Å². The number of carbonyl (C=O) groups excluding carboxylic acids is 2. The molecular formula is C15H15F3N4O3S. The second kappa shape index (κ2) is 8.23. The van der Waals surface area contributed by atoms with E-state index in [-0.39, 0.29) is 29.7 Å². The van der Waals surface area contributed by atoms with Crippen molar-refractivity contribution in [3.63, 3.8) is 0 Å². The van der Waals surface area contributed by atoms with E-state index in [2.05, 4.69) is 10.3 Å². The number of halogens is 3. The van der Waals surface area contributed by atoms with Crippen molar-refractivity contribution in [2.75, 3.05) is 11.1 Å². The van der Waals surface area contributed by atoms with Crippen molar-refractivity contribution in [2.45, 2.75) is 24.5 Å². The van der Waals surface area contributed by atoms with Gasteiger partial charge < -0.3 is 20.7 Å². The van der Waals surface area contributed by atoms with Crippen LogP contribution >= 0.6 is 11.8 Å². The van der Waals surface area contributed by atoms with Crippen LogP contribution in [0.4, 0.5) is 18.9 Å². The second-order valence-corrected chi connectivity index (χ2v) is 6.07. The Hall–Kier alpha value is -2.53. The number of imidazole rings is 1. The number of benzene rings is 1. The topological polar surface area (TPSA) is 110 Å². The molecule has 2 aromatic rings. The van der Waals surface area contributed by atoms with Gasteiger partial charge in [0.05, 0.1) is 35.5 Å². The number of aliphatic hydroxyl groups is 1. The summed E-state index contributed by atoms with van der Waals surface area (Å²) in [6, 6.07) is 4.63. The zero-order valence-corrected chi connectivity index (χ0v) is 14.1. The number of aliphatic hydroxyl groups excluding tert-OH is 1. The summed E-state index contributed by atoms with van der Waals surface area (Å²) < 4.78 is 40.1. The first-order chi connectivity index (χ1) is 12.2. The van der Waals surface area contributed by atoms with Gasteiger partial charge in [-0.25, -0.2) is 4.98 Å². The summed E-state index contributed by atoms with van der Waals surface area (Å²) in [5.41, 5.74) is 4.16. The molecule has 0 fully saturated rings. The van der Waals surface area contributed by atoms with E-state index in [9.17, 15) is 27.9 Å². The lowest BCUT2D eigenvalue weighted by molar-refractivity contribution is -0.137. The van der Waals surface area contributed by atoms with Crippen molar-refractivity contribution < 1.29 is 27.9 Å². The first-order valence-electron chi connectivity index (χ1n) is 7.24. The van der Waals surface area contributed by atoms with Gasteiger partial charge >= 0.3 is 6.18 Å². The summed E-state index contributed by atoms with van der Waals surface area (Å²) in [5, 5.41) is 11.7. The van der Waals surface area contributed by atoms with Crippen LogP contribution in [-0.2, 0) is 28.9 Å². The van der Waals surface area contributed by atoms with Crippen LogP contribution in [0.15, 0.2) is 35.6 Å². The molecule has 0 atom stereocenters. The van der Waals surface area contributed by atoms with E-state index in [1.807, 2.05) is 0 Å². The van der Waals surface area contributed by atoms with E-state index in [0.717, 1.165) is 23.9 Å². The molecule has 0 saturated heterocycles. The van der Waals surface area contributed by atoms with Crippen molar-refractivity contribution in [1.82, 2.24) is 9.55 Å². The van der Waals surface area contributed by atoms with Crippen LogP contribution in [0.1, 0.15) is 11.3 Å². The van der Waals surface area contributed by atoms with Crippen LogP contribution in [0.3, 0.4) is 0 Å². The standard InChI is InChI=1S/C15H15F3N4O3S/c16-15(17,18)10-3-1-2-4-11(10)21-13(25)8-26-14-20-5-9(7-23)22(14)6-12(19)24/h1-5,23H,6-8H2,(H2,19,24)(H,21,25). The Balaban J connectivity index is 2.07. The van der Waals surface area contributed by atoms with Crippen molar-refractivity contribution in [3.05, 3.63) is 41.7 Å². The Morgan fingerprint density at radius 3 is 2.62 bits per heavy atom. The van der Waals surface area contributed by atoms with Gasteiger partial charge in [0, 0.05) is 0 Å². The Morgan fingerprint density at radius 1 is 1.31 bits per heavy atom. The highest BCUT2D eigenvalue weighted by molar-refractivity contribution is 7.99. The Labute approximate surface area is 150 Å². The fraction of sp³-hybridized carbons (Fsp3) is 0.267. The predicted molar refractivity (Wildman–Crippen MR) is 88.1 cm³/mol. The number of anilines is 1. The van der Waals surface area contributed by atoms with E-state index < -0.39 is 23.6 Å². The number of aromatic nitrogens is 2. The van der Waals surface area contributed by atoms with Crippen LogP contribution in [0.25, 0.3) is 0 Å². The lowest BCUT2D eigenvalue weighted by Crippen LogP contribution is -2.21. The first kappa shape index (κ1) is 19.8. The molecule has 0 spiro atoms. The fourth-order valence-electron chi connectivity index (χ4n) is 2.11. The van der Waals surface area contributed by atoms with Gasteiger partial charge in [-0.1, -0.05) is 23.9 Å². The monoisotopic (exact) mass is 388 g/mol. The Morgan fingerprint density at radius 2 is 2.00 bits per heavy atom. The third-order valence-corrected chi connectivity index (χ3v) is 4.21. The number of thioether (sulfide) groups is 1. The number of hydrogen-bond acceptors (Lipinski definition) is 5. The molecule has 0 aliphatic heterocycles. The molecule has 0 aliphatic rings. The minimum atomic E-state index is -4.59. The van der Waals surface area contributed by atoms with E-state index in [0.29, 0.717) is 5.69 Å². The van der Waals surface area contributed by atoms with Gasteiger partial charge in [0.15, 0.2) is 5.16 Å². The van der Waals surface area contributed by atoms with Crippen molar-refractivity contribution >= 4 is 29.3 Å². The lowest BCUT2D eigenvalue weighted by atomic mass is 10.1. The second-order valence-electron chi connectivity index (χ2n) is 5.12. The number of nitrogens with zero attached hydrogens (tertiary/aromatic N) is 2. The summed E-state index contributed by atoms with van der Waals surface area (Å²) in [5.74, 6) is -1.58. The molecule has 0 unspecified atom stereocenters. The van der Waals surface area contributed by atoms with Gasteiger partial charge in [0.1, 0.15) is 6.54 Å². The molecule has 0 radical (unpaired) electrons. The molecule has 2 rings (SSSR count). The van der Waals surface area contributed by atoms with Crippen molar-refractivity contribution in [1.29, 1.82) is 0 Å². The molecule has 0 bridgehead atoms. The van der Waals surface area contributed by atoms with Gasteiger partial charge in [-0.2, -0.15) is 13.2 Å². The SMILES string of the molecule is NC(=O)Cn1c(CO)cnc1SCC(=O)Nc1ccccc1C(F)(F)F. The molecule has 2 amide bonds. The maximum atomic E-state index is 12.9. The highest BCUT2D eigenvalue weighted by atomic mass is 32.2. The molecule has 11 heteroatoms. The molecule has 1 aromatic carbocycles. The Kier molecular flexibility index (Phi) is 6.27. The average Bonchev–Trinajstić information content (AvgIpc) is 2.93. The van der Waals surface area contributed by atoms with Crippen molar-refractivity contribution in [3.8, 4) is 0 Å². The summed E-state index contributed by atoms with van der Waals surface area (Å²) in [4.78, 5) is 27.1.